The van der Waals surface area contributed by atoms with Gasteiger partial charge >= 0.3 is 12.1 Å². The molecule has 124 valence electrons. The Hall–Kier alpha value is -2.83. The fraction of sp³-hybridized carbons (Fsp3) is 0.176. The Balaban J connectivity index is 2.01. The van der Waals surface area contributed by atoms with E-state index >= 15 is 0 Å². The largest absolute Gasteiger partial charge is 0.465 e. The van der Waals surface area contributed by atoms with Gasteiger partial charge in [-0.1, -0.05) is 24.3 Å². The van der Waals surface area contributed by atoms with Crippen LogP contribution in [0.1, 0.15) is 21.7 Å². The zero-order valence-corrected chi connectivity index (χ0v) is 12.7. The Morgan fingerprint density at radius 3 is 2.42 bits per heavy atom. The van der Waals surface area contributed by atoms with Crippen molar-refractivity contribution in [2.24, 2.45) is 0 Å². The van der Waals surface area contributed by atoms with Gasteiger partial charge in [-0.05, 0) is 29.8 Å². The Kier molecular flexibility index (Phi) is 4.01. The summed E-state index contributed by atoms with van der Waals surface area (Å²) in [7, 11) is 1.27. The first-order chi connectivity index (χ1) is 11.4. The van der Waals surface area contributed by atoms with Crippen LogP contribution in [0.15, 0.2) is 48.5 Å². The van der Waals surface area contributed by atoms with Crippen LogP contribution in [0, 0.1) is 0 Å². The topological polar surface area (TPSA) is 44.1 Å². The Morgan fingerprint density at radius 2 is 1.79 bits per heavy atom. The summed E-state index contributed by atoms with van der Waals surface area (Å²) in [6, 6.07) is 12.7. The molecule has 0 bridgehead atoms. The molecule has 3 rings (SSSR count). The van der Waals surface area contributed by atoms with E-state index in [9.17, 15) is 18.0 Å². The van der Waals surface area contributed by atoms with Crippen molar-refractivity contribution in [3.63, 3.8) is 0 Å². The molecule has 0 radical (unpaired) electrons. The monoisotopic (exact) mass is 334 g/mol. The smallest absolute Gasteiger partial charge is 0.449 e. The highest BCUT2D eigenvalue weighted by Crippen LogP contribution is 2.32. The van der Waals surface area contributed by atoms with E-state index in [4.69, 9.17) is 0 Å². The summed E-state index contributed by atoms with van der Waals surface area (Å²) < 4.78 is 45.5. The Labute approximate surface area is 135 Å². The second-order valence-electron chi connectivity index (χ2n) is 5.20. The van der Waals surface area contributed by atoms with E-state index in [1.165, 1.54) is 19.2 Å². The number of aromatic nitrogens is 2. The fourth-order valence-corrected chi connectivity index (χ4v) is 2.50. The lowest BCUT2D eigenvalue weighted by molar-refractivity contribution is -0.146. The molecule has 0 aliphatic heterocycles. The summed E-state index contributed by atoms with van der Waals surface area (Å²) in [5, 5.41) is 0. The van der Waals surface area contributed by atoms with Crippen molar-refractivity contribution in [1.82, 2.24) is 9.55 Å². The van der Waals surface area contributed by atoms with Crippen LogP contribution >= 0.6 is 0 Å². The van der Waals surface area contributed by atoms with Crippen molar-refractivity contribution < 1.29 is 22.7 Å². The molecule has 0 atom stereocenters. The van der Waals surface area contributed by atoms with Crippen molar-refractivity contribution in [3.8, 4) is 0 Å². The van der Waals surface area contributed by atoms with E-state index in [1.807, 2.05) is 0 Å². The quantitative estimate of drug-likeness (QED) is 0.683. The number of carbonyl (C=O) groups excluding carboxylic acids is 1. The molecule has 0 saturated heterocycles. The molecular formula is C17H13F3N2O2. The molecule has 0 unspecified atom stereocenters. The fourth-order valence-electron chi connectivity index (χ4n) is 2.50. The third-order valence-electron chi connectivity index (χ3n) is 3.62. The molecule has 7 heteroatoms. The second kappa shape index (κ2) is 5.99. The SMILES string of the molecule is COC(=O)c1ccc(Cn2c(C(F)(F)F)nc3ccccc32)cc1. The molecule has 0 fully saturated rings. The zero-order valence-electron chi connectivity index (χ0n) is 12.7. The number of alkyl halides is 3. The highest BCUT2D eigenvalue weighted by molar-refractivity contribution is 5.89. The van der Waals surface area contributed by atoms with E-state index in [-0.39, 0.29) is 12.1 Å². The summed E-state index contributed by atoms with van der Waals surface area (Å²) in [5.41, 5.74) is 1.65. The van der Waals surface area contributed by atoms with Gasteiger partial charge in [0.15, 0.2) is 0 Å². The first-order valence-corrected chi connectivity index (χ1v) is 7.10. The molecule has 0 N–H and O–H groups in total. The van der Waals surface area contributed by atoms with E-state index in [1.54, 1.807) is 36.4 Å². The van der Waals surface area contributed by atoms with Crippen molar-refractivity contribution in [3.05, 3.63) is 65.5 Å². The highest BCUT2D eigenvalue weighted by atomic mass is 19.4. The van der Waals surface area contributed by atoms with Gasteiger partial charge in [0.25, 0.3) is 0 Å². The summed E-state index contributed by atoms with van der Waals surface area (Å²) in [5.74, 6) is -1.44. The molecule has 1 heterocycles. The number of fused-ring (bicyclic) bond motifs is 1. The van der Waals surface area contributed by atoms with Crippen LogP contribution in [-0.2, 0) is 17.5 Å². The van der Waals surface area contributed by atoms with Gasteiger partial charge in [0.1, 0.15) is 0 Å². The number of ether oxygens (including phenoxy) is 1. The number of rotatable bonds is 3. The van der Waals surface area contributed by atoms with Crippen molar-refractivity contribution in [1.29, 1.82) is 0 Å². The molecule has 4 nitrogen and oxygen atoms in total. The average molecular weight is 334 g/mol. The molecule has 0 aliphatic rings. The maximum Gasteiger partial charge on any atom is 0.449 e. The predicted molar refractivity (Wildman–Crippen MR) is 81.6 cm³/mol. The van der Waals surface area contributed by atoms with Crippen LogP contribution in [0.25, 0.3) is 11.0 Å². The molecular weight excluding hydrogens is 321 g/mol. The normalized spacial score (nSPS) is 11.7. The molecule has 1 aromatic heterocycles. The third kappa shape index (κ3) is 2.97. The minimum atomic E-state index is -4.55. The zero-order chi connectivity index (χ0) is 17.3. The minimum Gasteiger partial charge on any atom is -0.465 e. The van der Waals surface area contributed by atoms with E-state index in [0.717, 1.165) is 4.57 Å². The molecule has 2 aromatic carbocycles. The average Bonchev–Trinajstić information content (AvgIpc) is 2.94. The summed E-state index contributed by atoms with van der Waals surface area (Å²) >= 11 is 0. The first-order valence-electron chi connectivity index (χ1n) is 7.10. The Morgan fingerprint density at radius 1 is 1.12 bits per heavy atom. The summed E-state index contributed by atoms with van der Waals surface area (Å²) in [6.07, 6.45) is -4.55. The number of esters is 1. The molecule has 0 spiro atoms. The number of hydrogen-bond acceptors (Lipinski definition) is 3. The van der Waals surface area contributed by atoms with E-state index < -0.39 is 18.0 Å². The maximum atomic E-state index is 13.3. The summed E-state index contributed by atoms with van der Waals surface area (Å²) in [4.78, 5) is 15.1. The van der Waals surface area contributed by atoms with Gasteiger partial charge in [-0.2, -0.15) is 13.2 Å². The van der Waals surface area contributed by atoms with Crippen molar-refractivity contribution in [2.45, 2.75) is 12.7 Å². The Bertz CT molecular complexity index is 883. The summed E-state index contributed by atoms with van der Waals surface area (Å²) in [6.45, 7) is -0.00317. The molecule has 0 amide bonds. The minimum absolute atomic E-state index is 0.00317. The highest BCUT2D eigenvalue weighted by Gasteiger charge is 2.37. The van der Waals surface area contributed by atoms with Crippen LogP contribution in [0.4, 0.5) is 13.2 Å². The van der Waals surface area contributed by atoms with E-state index in [2.05, 4.69) is 9.72 Å². The first kappa shape index (κ1) is 16.0. The van der Waals surface area contributed by atoms with Crippen molar-refractivity contribution in [2.75, 3.05) is 7.11 Å². The third-order valence-corrected chi connectivity index (χ3v) is 3.62. The number of halogens is 3. The molecule has 3 aromatic rings. The molecule has 0 saturated carbocycles. The standard InChI is InChI=1S/C17H13F3N2O2/c1-24-15(23)12-8-6-11(7-9-12)10-22-14-5-3-2-4-13(14)21-16(22)17(18,19)20/h2-9H,10H2,1H3. The second-order valence-corrected chi connectivity index (χ2v) is 5.20. The van der Waals surface area contributed by atoms with Crippen LogP contribution < -0.4 is 0 Å². The number of imidazole rings is 1. The molecule has 24 heavy (non-hydrogen) atoms. The van der Waals surface area contributed by atoms with Crippen LogP contribution in [-0.4, -0.2) is 22.6 Å². The van der Waals surface area contributed by atoms with Gasteiger partial charge in [-0.25, -0.2) is 9.78 Å². The van der Waals surface area contributed by atoms with Gasteiger partial charge in [-0.3, -0.25) is 0 Å². The number of benzene rings is 2. The number of methoxy groups -OCH3 is 1. The van der Waals surface area contributed by atoms with Gasteiger partial charge in [0.05, 0.1) is 23.7 Å². The molecule has 0 aliphatic carbocycles. The van der Waals surface area contributed by atoms with E-state index in [0.29, 0.717) is 16.6 Å². The van der Waals surface area contributed by atoms with Crippen LogP contribution in [0.2, 0.25) is 0 Å². The number of hydrogen-bond donors (Lipinski definition) is 0. The van der Waals surface area contributed by atoms with Crippen LogP contribution in [0.3, 0.4) is 0 Å². The van der Waals surface area contributed by atoms with Crippen LogP contribution in [0.5, 0.6) is 0 Å². The lowest BCUT2D eigenvalue weighted by atomic mass is 10.1. The number of para-hydroxylation sites is 2. The predicted octanol–water partition coefficient (Wildman–Crippen LogP) is 3.89. The van der Waals surface area contributed by atoms with Gasteiger partial charge in [-0.15, -0.1) is 0 Å². The lowest BCUT2D eigenvalue weighted by Gasteiger charge is -2.12. The van der Waals surface area contributed by atoms with Gasteiger partial charge < -0.3 is 9.30 Å². The lowest BCUT2D eigenvalue weighted by Crippen LogP contribution is -2.15. The number of carbonyl (C=O) groups is 1. The van der Waals surface area contributed by atoms with Crippen molar-refractivity contribution >= 4 is 17.0 Å². The van der Waals surface area contributed by atoms with Gasteiger partial charge in [0, 0.05) is 6.54 Å². The van der Waals surface area contributed by atoms with Gasteiger partial charge in [0.2, 0.25) is 5.82 Å². The maximum absolute atomic E-state index is 13.3. The number of nitrogens with zero attached hydrogens (tertiary/aromatic N) is 2.